The van der Waals surface area contributed by atoms with Gasteiger partial charge in [-0.1, -0.05) is 12.8 Å². The molecule has 2 aliphatic rings. The largest absolute Gasteiger partial charge is 0.463 e. The monoisotopic (exact) mass is 285 g/mol. The Morgan fingerprint density at radius 2 is 2.19 bits per heavy atom. The number of furan rings is 1. The molecule has 2 heterocycles. The summed E-state index contributed by atoms with van der Waals surface area (Å²) in [6.07, 6.45) is 9.25. The molecule has 2 saturated carbocycles. The van der Waals surface area contributed by atoms with Gasteiger partial charge in [0.1, 0.15) is 5.69 Å². The van der Waals surface area contributed by atoms with E-state index < -0.39 is 0 Å². The van der Waals surface area contributed by atoms with Crippen LogP contribution in [0, 0.1) is 5.41 Å². The Morgan fingerprint density at radius 1 is 1.38 bits per heavy atom. The van der Waals surface area contributed by atoms with Gasteiger partial charge in [-0.2, -0.15) is 5.10 Å². The van der Waals surface area contributed by atoms with E-state index in [0.717, 1.165) is 18.5 Å². The van der Waals surface area contributed by atoms with Crippen LogP contribution in [0.25, 0.3) is 11.5 Å². The molecular weight excluding hydrogens is 266 g/mol. The number of hydrogen-bond acceptors (Lipinski definition) is 3. The number of aromatic nitrogens is 2. The molecule has 1 spiro atoms. The van der Waals surface area contributed by atoms with Gasteiger partial charge in [0.25, 0.3) is 5.91 Å². The molecule has 0 bridgehead atoms. The van der Waals surface area contributed by atoms with Crippen LogP contribution in [-0.4, -0.2) is 22.1 Å². The van der Waals surface area contributed by atoms with E-state index in [4.69, 9.17) is 4.42 Å². The molecule has 2 fully saturated rings. The average Bonchev–Trinajstić information content (AvgIpc) is 3.18. The number of nitrogens with zero attached hydrogens (tertiary/aromatic N) is 1. The van der Waals surface area contributed by atoms with Crippen LogP contribution in [0.3, 0.4) is 0 Å². The summed E-state index contributed by atoms with van der Waals surface area (Å²) in [6.45, 7) is 0. The summed E-state index contributed by atoms with van der Waals surface area (Å²) in [5.41, 5.74) is 1.70. The van der Waals surface area contributed by atoms with Crippen molar-refractivity contribution in [1.82, 2.24) is 15.5 Å². The molecule has 2 N–H and O–H groups in total. The van der Waals surface area contributed by atoms with Gasteiger partial charge in [-0.15, -0.1) is 0 Å². The zero-order valence-electron chi connectivity index (χ0n) is 11.9. The second kappa shape index (κ2) is 4.76. The summed E-state index contributed by atoms with van der Waals surface area (Å²) in [5.74, 6) is 0.594. The number of nitrogens with one attached hydrogen (secondary N) is 2. The molecule has 110 valence electrons. The first-order chi connectivity index (χ1) is 10.2. The summed E-state index contributed by atoms with van der Waals surface area (Å²) >= 11 is 0. The van der Waals surface area contributed by atoms with E-state index in [0.29, 0.717) is 22.9 Å². The molecule has 0 unspecified atom stereocenters. The number of H-pyrrole nitrogens is 1. The Morgan fingerprint density at radius 3 is 2.90 bits per heavy atom. The first kappa shape index (κ1) is 12.7. The molecular formula is C16H19N3O2. The minimum Gasteiger partial charge on any atom is -0.463 e. The Bertz CT molecular complexity index is 630. The number of carbonyl (C=O) groups excluding carboxylic acids is 1. The van der Waals surface area contributed by atoms with Crippen molar-refractivity contribution in [1.29, 1.82) is 0 Å². The van der Waals surface area contributed by atoms with Crippen LogP contribution < -0.4 is 5.32 Å². The third kappa shape index (κ3) is 2.26. The summed E-state index contributed by atoms with van der Waals surface area (Å²) in [7, 11) is 0. The van der Waals surface area contributed by atoms with E-state index in [1.165, 1.54) is 25.7 Å². The van der Waals surface area contributed by atoms with Crippen LogP contribution >= 0.6 is 0 Å². The highest BCUT2D eigenvalue weighted by atomic mass is 16.3. The SMILES string of the molecule is O=C(NC1CC2(CCCC2)C1)c1cc(-c2ccco2)[nH]n1. The number of hydrogen-bond donors (Lipinski definition) is 2. The fourth-order valence-corrected chi connectivity index (χ4v) is 3.88. The fourth-order valence-electron chi connectivity index (χ4n) is 3.88. The molecule has 0 atom stereocenters. The number of rotatable bonds is 3. The maximum Gasteiger partial charge on any atom is 0.272 e. The van der Waals surface area contributed by atoms with E-state index in [1.807, 2.05) is 12.1 Å². The Balaban J connectivity index is 1.38. The number of amides is 1. The lowest BCUT2D eigenvalue weighted by Crippen LogP contribution is -2.49. The number of carbonyl (C=O) groups is 1. The molecule has 2 aliphatic carbocycles. The molecule has 21 heavy (non-hydrogen) atoms. The van der Waals surface area contributed by atoms with Crippen LogP contribution in [0.1, 0.15) is 49.0 Å². The lowest BCUT2D eigenvalue weighted by molar-refractivity contribution is 0.0692. The van der Waals surface area contributed by atoms with Crippen molar-refractivity contribution in [2.45, 2.75) is 44.6 Å². The van der Waals surface area contributed by atoms with E-state index in [-0.39, 0.29) is 5.91 Å². The second-order valence-electron chi connectivity index (χ2n) is 6.43. The first-order valence-corrected chi connectivity index (χ1v) is 7.64. The van der Waals surface area contributed by atoms with Gasteiger partial charge in [0.15, 0.2) is 11.5 Å². The average molecular weight is 285 g/mol. The molecule has 5 nitrogen and oxygen atoms in total. The van der Waals surface area contributed by atoms with Gasteiger partial charge in [-0.25, -0.2) is 0 Å². The van der Waals surface area contributed by atoms with Gasteiger partial charge in [-0.05, 0) is 43.2 Å². The van der Waals surface area contributed by atoms with Gasteiger partial charge in [0.05, 0.1) is 6.26 Å². The van der Waals surface area contributed by atoms with E-state index >= 15 is 0 Å². The molecule has 4 rings (SSSR count). The Hall–Kier alpha value is -2.04. The third-order valence-corrected chi connectivity index (χ3v) is 4.96. The lowest BCUT2D eigenvalue weighted by atomic mass is 9.64. The summed E-state index contributed by atoms with van der Waals surface area (Å²) < 4.78 is 5.29. The summed E-state index contributed by atoms with van der Waals surface area (Å²) in [5, 5.41) is 10.0. The number of aromatic amines is 1. The molecule has 0 radical (unpaired) electrons. The molecule has 0 saturated heterocycles. The third-order valence-electron chi connectivity index (χ3n) is 4.96. The van der Waals surface area contributed by atoms with Crippen LogP contribution in [0.4, 0.5) is 0 Å². The minimum absolute atomic E-state index is 0.0955. The zero-order chi connectivity index (χ0) is 14.3. The predicted molar refractivity (Wildman–Crippen MR) is 77.7 cm³/mol. The highest BCUT2D eigenvalue weighted by molar-refractivity contribution is 5.93. The molecule has 1 amide bonds. The second-order valence-corrected chi connectivity index (χ2v) is 6.43. The van der Waals surface area contributed by atoms with Crippen LogP contribution in [0.15, 0.2) is 28.9 Å². The predicted octanol–water partition coefficient (Wildman–Crippen LogP) is 3.12. The highest BCUT2D eigenvalue weighted by Gasteiger charge is 2.46. The van der Waals surface area contributed by atoms with E-state index in [2.05, 4.69) is 15.5 Å². The van der Waals surface area contributed by atoms with Crippen molar-refractivity contribution in [2.75, 3.05) is 0 Å². The molecule has 5 heteroatoms. The fraction of sp³-hybridized carbons (Fsp3) is 0.500. The van der Waals surface area contributed by atoms with Crippen molar-refractivity contribution >= 4 is 5.91 Å². The normalized spacial score (nSPS) is 20.6. The molecule has 0 aliphatic heterocycles. The van der Waals surface area contributed by atoms with Gasteiger partial charge >= 0.3 is 0 Å². The standard InChI is InChI=1S/C16H19N3O2/c20-15(17-11-9-16(10-11)5-1-2-6-16)13-8-12(18-19-13)14-4-3-7-21-14/h3-4,7-8,11H,1-2,5-6,9-10H2,(H,17,20)(H,18,19). The Labute approximate surface area is 123 Å². The van der Waals surface area contributed by atoms with E-state index in [9.17, 15) is 4.79 Å². The quantitative estimate of drug-likeness (QED) is 0.910. The van der Waals surface area contributed by atoms with Crippen molar-refractivity contribution in [3.05, 3.63) is 30.2 Å². The molecule has 2 aromatic rings. The van der Waals surface area contributed by atoms with Crippen molar-refractivity contribution < 1.29 is 9.21 Å². The van der Waals surface area contributed by atoms with Gasteiger partial charge < -0.3 is 9.73 Å². The van der Waals surface area contributed by atoms with Crippen molar-refractivity contribution in [3.8, 4) is 11.5 Å². The summed E-state index contributed by atoms with van der Waals surface area (Å²) in [6, 6.07) is 5.70. The first-order valence-electron chi connectivity index (χ1n) is 7.64. The Kier molecular flexibility index (Phi) is 2.87. The maximum atomic E-state index is 12.2. The maximum absolute atomic E-state index is 12.2. The van der Waals surface area contributed by atoms with Crippen molar-refractivity contribution in [2.24, 2.45) is 5.41 Å². The molecule has 0 aromatic carbocycles. The van der Waals surface area contributed by atoms with Crippen molar-refractivity contribution in [3.63, 3.8) is 0 Å². The van der Waals surface area contributed by atoms with Crippen LogP contribution in [0.2, 0.25) is 0 Å². The zero-order valence-corrected chi connectivity index (χ0v) is 11.9. The minimum atomic E-state index is -0.0955. The lowest BCUT2D eigenvalue weighted by Gasteiger charge is -2.45. The van der Waals surface area contributed by atoms with Gasteiger partial charge in [0.2, 0.25) is 0 Å². The van der Waals surface area contributed by atoms with Crippen LogP contribution in [0.5, 0.6) is 0 Å². The molecule has 2 aromatic heterocycles. The van der Waals surface area contributed by atoms with Crippen LogP contribution in [-0.2, 0) is 0 Å². The van der Waals surface area contributed by atoms with E-state index in [1.54, 1.807) is 12.3 Å². The summed E-state index contributed by atoms with van der Waals surface area (Å²) in [4.78, 5) is 12.2. The smallest absolute Gasteiger partial charge is 0.272 e. The van der Waals surface area contributed by atoms with Gasteiger partial charge in [-0.3, -0.25) is 9.89 Å². The topological polar surface area (TPSA) is 70.9 Å². The highest BCUT2D eigenvalue weighted by Crippen LogP contribution is 2.53. The van der Waals surface area contributed by atoms with Gasteiger partial charge in [0, 0.05) is 12.1 Å².